The lowest BCUT2D eigenvalue weighted by Crippen LogP contribution is -2.47. The Morgan fingerprint density at radius 3 is 2.94 bits per heavy atom. The smallest absolute Gasteiger partial charge is 0.329 e. The van der Waals surface area contributed by atoms with Crippen LogP contribution in [-0.4, -0.2) is 29.6 Å². The van der Waals surface area contributed by atoms with Crippen molar-refractivity contribution in [2.45, 2.75) is 31.0 Å². The molecule has 4 nitrogen and oxygen atoms in total. The van der Waals surface area contributed by atoms with Gasteiger partial charge in [-0.3, -0.25) is 0 Å². The van der Waals surface area contributed by atoms with Crippen molar-refractivity contribution >= 4 is 46.6 Å². The average Bonchev–Trinajstić information content (AvgIpc) is 2.67. The molecule has 0 bridgehead atoms. The van der Waals surface area contributed by atoms with Crippen LogP contribution in [0.4, 0.5) is 10.5 Å². The number of nitrogens with one attached hydrogen (secondary N) is 1. The highest BCUT2D eigenvalue weighted by atomic mass is 35.5. The van der Waals surface area contributed by atoms with E-state index in [1.54, 1.807) is 4.31 Å². The van der Waals surface area contributed by atoms with Crippen LogP contribution >= 0.6 is 34.9 Å². The highest BCUT2D eigenvalue weighted by Gasteiger charge is 2.30. The molecule has 0 saturated carbocycles. The first-order valence-corrected chi connectivity index (χ1v) is 7.79. The standard InChI is InChI=1S/C11H16ClN3OS2/c1-4-13-11(16)15-6-14(7(2)3)8-5-9(12)17-10(8)18-15/h5,7H,4,6H2,1-3H3,(H,13,16). The van der Waals surface area contributed by atoms with Gasteiger partial charge in [0.25, 0.3) is 0 Å². The summed E-state index contributed by atoms with van der Waals surface area (Å²) in [6, 6.07) is 2.25. The number of rotatable bonds is 2. The Kier molecular flexibility index (Phi) is 4.29. The summed E-state index contributed by atoms with van der Waals surface area (Å²) in [4.78, 5) is 14.1. The van der Waals surface area contributed by atoms with Gasteiger partial charge in [0.2, 0.25) is 0 Å². The van der Waals surface area contributed by atoms with E-state index in [-0.39, 0.29) is 6.03 Å². The van der Waals surface area contributed by atoms with Gasteiger partial charge in [-0.05, 0) is 26.8 Å². The molecular formula is C11H16ClN3OS2. The average molecular weight is 306 g/mol. The summed E-state index contributed by atoms with van der Waals surface area (Å²) in [5, 5.41) is 2.82. The molecule has 0 unspecified atom stereocenters. The number of urea groups is 1. The van der Waals surface area contributed by atoms with Gasteiger partial charge in [0.15, 0.2) is 0 Å². The van der Waals surface area contributed by atoms with Gasteiger partial charge < -0.3 is 10.2 Å². The van der Waals surface area contributed by atoms with Gasteiger partial charge in [-0.15, -0.1) is 11.3 Å². The molecule has 1 aromatic rings. The van der Waals surface area contributed by atoms with Crippen molar-refractivity contribution in [3.05, 3.63) is 10.4 Å². The van der Waals surface area contributed by atoms with E-state index >= 15 is 0 Å². The minimum Gasteiger partial charge on any atom is -0.349 e. The van der Waals surface area contributed by atoms with Crippen LogP contribution in [0.1, 0.15) is 20.8 Å². The molecular weight excluding hydrogens is 290 g/mol. The zero-order valence-electron chi connectivity index (χ0n) is 10.6. The Morgan fingerprint density at radius 1 is 1.61 bits per heavy atom. The third kappa shape index (κ3) is 2.70. The number of hydrogen-bond acceptors (Lipinski definition) is 4. The first kappa shape index (κ1) is 13.8. The molecule has 0 atom stereocenters. The van der Waals surface area contributed by atoms with Gasteiger partial charge >= 0.3 is 6.03 Å². The van der Waals surface area contributed by atoms with Crippen LogP contribution in [0.15, 0.2) is 10.3 Å². The highest BCUT2D eigenvalue weighted by Crippen LogP contribution is 2.46. The van der Waals surface area contributed by atoms with Crippen molar-refractivity contribution in [1.29, 1.82) is 0 Å². The van der Waals surface area contributed by atoms with Crippen LogP contribution in [0.3, 0.4) is 0 Å². The van der Waals surface area contributed by atoms with Crippen molar-refractivity contribution in [1.82, 2.24) is 9.62 Å². The summed E-state index contributed by atoms with van der Waals surface area (Å²) < 4.78 is 3.57. The summed E-state index contributed by atoms with van der Waals surface area (Å²) in [7, 11) is 0. The summed E-state index contributed by atoms with van der Waals surface area (Å²) in [6.45, 7) is 7.35. The number of halogens is 1. The molecule has 0 aliphatic carbocycles. The van der Waals surface area contributed by atoms with E-state index in [0.717, 1.165) is 14.2 Å². The molecule has 1 aliphatic rings. The fourth-order valence-corrected chi connectivity index (χ4v) is 4.32. The molecule has 18 heavy (non-hydrogen) atoms. The van der Waals surface area contributed by atoms with Crippen molar-refractivity contribution < 1.29 is 4.79 Å². The second-order valence-electron chi connectivity index (χ2n) is 4.23. The lowest BCUT2D eigenvalue weighted by atomic mass is 10.3. The summed E-state index contributed by atoms with van der Waals surface area (Å²) in [6.07, 6.45) is 0. The number of thiophene rings is 1. The minimum absolute atomic E-state index is 0.0525. The maximum atomic E-state index is 11.9. The summed E-state index contributed by atoms with van der Waals surface area (Å²) >= 11 is 9.05. The predicted octanol–water partition coefficient (Wildman–Crippen LogP) is 3.63. The second kappa shape index (κ2) is 5.59. The monoisotopic (exact) mass is 305 g/mol. The lowest BCUT2D eigenvalue weighted by Gasteiger charge is -2.37. The molecule has 0 saturated heterocycles. The lowest BCUT2D eigenvalue weighted by molar-refractivity contribution is 0.225. The second-order valence-corrected chi connectivity index (χ2v) is 7.21. The van der Waals surface area contributed by atoms with Gasteiger partial charge in [0.1, 0.15) is 10.9 Å². The van der Waals surface area contributed by atoms with E-state index in [9.17, 15) is 4.79 Å². The normalized spacial score (nSPS) is 14.9. The first-order chi connectivity index (χ1) is 8.52. The molecule has 2 amide bonds. The maximum absolute atomic E-state index is 11.9. The molecule has 7 heteroatoms. The van der Waals surface area contributed by atoms with Gasteiger partial charge in [0.05, 0.1) is 10.0 Å². The molecule has 1 N–H and O–H groups in total. The van der Waals surface area contributed by atoms with Crippen LogP contribution in [0.25, 0.3) is 0 Å². The molecule has 1 aliphatic heterocycles. The largest absolute Gasteiger partial charge is 0.349 e. The number of fused-ring (bicyclic) bond motifs is 1. The van der Waals surface area contributed by atoms with Crippen molar-refractivity contribution in [3.8, 4) is 0 Å². The Bertz CT molecular complexity index is 449. The maximum Gasteiger partial charge on any atom is 0.329 e. The van der Waals surface area contributed by atoms with E-state index in [4.69, 9.17) is 11.6 Å². The Balaban J connectivity index is 2.25. The topological polar surface area (TPSA) is 35.6 Å². The highest BCUT2D eigenvalue weighted by molar-refractivity contribution is 7.99. The van der Waals surface area contributed by atoms with Crippen LogP contribution in [0.2, 0.25) is 4.34 Å². The molecule has 0 aromatic carbocycles. The van der Waals surface area contributed by atoms with Gasteiger partial charge in [-0.2, -0.15) is 0 Å². The van der Waals surface area contributed by atoms with Gasteiger partial charge in [-0.1, -0.05) is 11.6 Å². The van der Waals surface area contributed by atoms with E-state index in [2.05, 4.69) is 24.1 Å². The summed E-state index contributed by atoms with van der Waals surface area (Å²) in [5.74, 6) is 0. The Morgan fingerprint density at radius 2 is 2.33 bits per heavy atom. The van der Waals surface area contributed by atoms with Crippen LogP contribution in [0.5, 0.6) is 0 Å². The Labute approximate surface area is 120 Å². The third-order valence-electron chi connectivity index (χ3n) is 2.61. The molecule has 2 heterocycles. The number of carbonyl (C=O) groups excluding carboxylic acids is 1. The minimum atomic E-state index is -0.0525. The van der Waals surface area contributed by atoms with Gasteiger partial charge in [0, 0.05) is 24.5 Å². The predicted molar refractivity (Wildman–Crippen MR) is 78.6 cm³/mol. The van der Waals surface area contributed by atoms with Crippen LogP contribution in [-0.2, 0) is 0 Å². The number of hydrogen-bond donors (Lipinski definition) is 1. The number of nitrogens with zero attached hydrogens (tertiary/aromatic N) is 2. The molecule has 1 aromatic heterocycles. The van der Waals surface area contributed by atoms with Crippen LogP contribution in [0, 0.1) is 0 Å². The van der Waals surface area contributed by atoms with Gasteiger partial charge in [-0.25, -0.2) is 9.10 Å². The molecule has 2 rings (SSSR count). The SMILES string of the molecule is CCNC(=O)N1CN(C(C)C)c2cc(Cl)sc2S1. The first-order valence-electron chi connectivity index (χ1n) is 5.82. The quantitative estimate of drug-likeness (QED) is 0.848. The fourth-order valence-electron chi connectivity index (χ4n) is 1.73. The van der Waals surface area contributed by atoms with E-state index < -0.39 is 0 Å². The number of amides is 2. The zero-order chi connectivity index (χ0) is 13.3. The zero-order valence-corrected chi connectivity index (χ0v) is 13.0. The van der Waals surface area contributed by atoms with Crippen molar-refractivity contribution in [2.75, 3.05) is 18.1 Å². The molecule has 0 spiro atoms. The molecule has 100 valence electrons. The number of carbonyl (C=O) groups is 1. The van der Waals surface area contributed by atoms with E-state index in [1.807, 2.05) is 13.0 Å². The molecule has 0 fully saturated rings. The molecule has 0 radical (unpaired) electrons. The number of anilines is 1. The fraction of sp³-hybridized carbons (Fsp3) is 0.545. The van der Waals surface area contributed by atoms with Crippen LogP contribution < -0.4 is 10.2 Å². The third-order valence-corrected chi connectivity index (χ3v) is 5.01. The Hall–Kier alpha value is -0.590. The van der Waals surface area contributed by atoms with E-state index in [1.165, 1.54) is 23.3 Å². The van der Waals surface area contributed by atoms with Crippen molar-refractivity contribution in [3.63, 3.8) is 0 Å². The summed E-state index contributed by atoms with van der Waals surface area (Å²) in [5.41, 5.74) is 1.13. The van der Waals surface area contributed by atoms with E-state index in [0.29, 0.717) is 19.3 Å². The van der Waals surface area contributed by atoms with Crippen molar-refractivity contribution in [2.24, 2.45) is 0 Å².